The van der Waals surface area contributed by atoms with Crippen molar-refractivity contribution in [2.45, 2.75) is 56.2 Å². The first-order chi connectivity index (χ1) is 7.71. The Labute approximate surface area is 119 Å². The van der Waals surface area contributed by atoms with Crippen molar-refractivity contribution in [1.82, 2.24) is 0 Å². The van der Waals surface area contributed by atoms with Crippen molar-refractivity contribution < 1.29 is 0 Å². The lowest BCUT2D eigenvalue weighted by Gasteiger charge is -2.55. The molecule has 0 aromatic rings. The van der Waals surface area contributed by atoms with Crippen molar-refractivity contribution in [3.8, 4) is 0 Å². The van der Waals surface area contributed by atoms with Gasteiger partial charge >= 0.3 is 0 Å². The summed E-state index contributed by atoms with van der Waals surface area (Å²) in [5.74, 6) is 0. The maximum atomic E-state index is 6.57. The Morgan fingerprint density at radius 1 is 1.35 bits per heavy atom. The summed E-state index contributed by atoms with van der Waals surface area (Å²) in [6.07, 6.45) is 8.99. The van der Waals surface area contributed by atoms with Crippen molar-refractivity contribution in [2.24, 2.45) is 10.8 Å². The number of hydrogen-bond donors (Lipinski definition) is 0. The molecule has 1 fully saturated rings. The third kappa shape index (κ3) is 2.04. The normalized spacial score (nSPS) is 45.2. The van der Waals surface area contributed by atoms with Crippen LogP contribution >= 0.6 is 27.5 Å². The molecule has 0 nitrogen and oxygen atoms in total. The van der Waals surface area contributed by atoms with Crippen LogP contribution in [0.4, 0.5) is 0 Å². The molecule has 2 rings (SSSR count). The second-order valence-corrected chi connectivity index (χ2v) is 8.43. The molecule has 3 atom stereocenters. The topological polar surface area (TPSA) is 0 Å². The summed E-state index contributed by atoms with van der Waals surface area (Å²) in [7, 11) is 0. The molecule has 0 N–H and O–H groups in total. The first kappa shape index (κ1) is 13.7. The number of allylic oxidation sites excluding steroid dienone is 3. The predicted octanol–water partition coefficient (Wildman–Crippen LogP) is 5.46. The molecule has 96 valence electrons. The third-order valence-electron chi connectivity index (χ3n) is 5.03. The second-order valence-electron chi connectivity index (χ2n) is 6.46. The number of rotatable bonds is 0. The molecule has 17 heavy (non-hydrogen) atoms. The van der Waals surface area contributed by atoms with Gasteiger partial charge in [0.1, 0.15) is 0 Å². The van der Waals surface area contributed by atoms with Gasteiger partial charge in [0.2, 0.25) is 0 Å². The molecule has 0 aromatic heterocycles. The molecule has 2 aliphatic rings. The summed E-state index contributed by atoms with van der Waals surface area (Å²) in [4.78, 5) is 0.260. The molecule has 0 aliphatic heterocycles. The fraction of sp³-hybridized carbons (Fsp3) is 0.733. The lowest BCUT2D eigenvalue weighted by Crippen LogP contribution is -2.50. The van der Waals surface area contributed by atoms with Gasteiger partial charge in [-0.05, 0) is 38.0 Å². The van der Waals surface area contributed by atoms with E-state index in [1.54, 1.807) is 0 Å². The Hall–Kier alpha value is 0.250. The minimum Gasteiger partial charge on any atom is -0.118 e. The van der Waals surface area contributed by atoms with Crippen LogP contribution in [0.2, 0.25) is 0 Å². The highest BCUT2D eigenvalue weighted by Gasteiger charge is 2.53. The summed E-state index contributed by atoms with van der Waals surface area (Å²) in [6.45, 7) is 11.2. The smallest absolute Gasteiger partial charge is 0.0544 e. The van der Waals surface area contributed by atoms with Gasteiger partial charge in [0.15, 0.2) is 0 Å². The van der Waals surface area contributed by atoms with Crippen molar-refractivity contribution in [3.05, 3.63) is 24.3 Å². The number of halogens is 2. The van der Waals surface area contributed by atoms with Crippen LogP contribution in [0.3, 0.4) is 0 Å². The monoisotopic (exact) mass is 316 g/mol. The number of alkyl halides is 2. The van der Waals surface area contributed by atoms with Gasteiger partial charge < -0.3 is 0 Å². The van der Waals surface area contributed by atoms with Gasteiger partial charge in [0.25, 0.3) is 0 Å². The van der Waals surface area contributed by atoms with Crippen LogP contribution in [-0.2, 0) is 0 Å². The molecule has 3 unspecified atom stereocenters. The first-order valence-corrected chi connectivity index (χ1v) is 7.70. The van der Waals surface area contributed by atoms with Crippen LogP contribution in [0.15, 0.2) is 24.3 Å². The lowest BCUT2D eigenvalue weighted by atomic mass is 9.52. The van der Waals surface area contributed by atoms with Gasteiger partial charge in [-0.15, -0.1) is 11.6 Å². The molecule has 0 heterocycles. The van der Waals surface area contributed by atoms with Gasteiger partial charge in [0.05, 0.1) is 4.87 Å². The Morgan fingerprint density at radius 2 is 2.00 bits per heavy atom. The minimum atomic E-state index is -0.108. The van der Waals surface area contributed by atoms with Gasteiger partial charge in [-0.25, -0.2) is 0 Å². The highest BCUT2D eigenvalue weighted by molar-refractivity contribution is 9.09. The van der Waals surface area contributed by atoms with Crippen LogP contribution in [0, 0.1) is 10.8 Å². The zero-order valence-electron chi connectivity index (χ0n) is 11.0. The molecular weight excluding hydrogens is 296 g/mol. The van der Waals surface area contributed by atoms with Crippen LogP contribution in [0.25, 0.3) is 0 Å². The van der Waals surface area contributed by atoms with E-state index in [0.29, 0.717) is 4.83 Å². The molecule has 0 bridgehead atoms. The molecule has 2 aliphatic carbocycles. The maximum absolute atomic E-state index is 6.57. The average molecular weight is 318 g/mol. The van der Waals surface area contributed by atoms with Crippen LogP contribution in [-0.4, -0.2) is 9.70 Å². The van der Waals surface area contributed by atoms with Gasteiger partial charge in [-0.3, -0.25) is 0 Å². The quantitative estimate of drug-likeness (QED) is 0.411. The largest absolute Gasteiger partial charge is 0.118 e. The molecular formula is C15H22BrCl. The third-order valence-corrected chi connectivity index (χ3v) is 7.08. The van der Waals surface area contributed by atoms with E-state index in [1.807, 2.05) is 0 Å². The highest BCUT2D eigenvalue weighted by atomic mass is 79.9. The summed E-state index contributed by atoms with van der Waals surface area (Å²) >= 11 is 10.4. The van der Waals surface area contributed by atoms with E-state index in [0.717, 1.165) is 25.7 Å². The Balaban J connectivity index is 2.37. The highest BCUT2D eigenvalue weighted by Crippen LogP contribution is 2.61. The zero-order chi connectivity index (χ0) is 12.9. The zero-order valence-corrected chi connectivity index (χ0v) is 13.4. The van der Waals surface area contributed by atoms with Gasteiger partial charge in [0, 0.05) is 10.2 Å². The van der Waals surface area contributed by atoms with E-state index in [-0.39, 0.29) is 15.7 Å². The molecule has 0 saturated heterocycles. The Kier molecular flexibility index (Phi) is 3.32. The molecule has 1 spiro atoms. The fourth-order valence-electron chi connectivity index (χ4n) is 3.45. The van der Waals surface area contributed by atoms with E-state index in [4.69, 9.17) is 11.6 Å². The van der Waals surface area contributed by atoms with E-state index in [9.17, 15) is 0 Å². The second kappa shape index (κ2) is 4.13. The molecule has 0 aromatic carbocycles. The van der Waals surface area contributed by atoms with Crippen molar-refractivity contribution in [1.29, 1.82) is 0 Å². The SMILES string of the molecule is C=C1CC=CC(C)(C)C12CCC(C)(Cl)C(Br)C2. The molecule has 1 saturated carbocycles. The number of hydrogen-bond acceptors (Lipinski definition) is 0. The standard InChI is InChI=1S/C15H22BrCl/c1-11-6-5-7-13(2,3)15(11)9-8-14(4,17)12(16)10-15/h5,7,12H,1,6,8-10H2,2-4H3. The average Bonchev–Trinajstić information content (AvgIpc) is 2.20. The van der Waals surface area contributed by atoms with E-state index in [2.05, 4.69) is 55.4 Å². The van der Waals surface area contributed by atoms with E-state index < -0.39 is 0 Å². The summed E-state index contributed by atoms with van der Waals surface area (Å²) in [5, 5.41) is 0. The van der Waals surface area contributed by atoms with Crippen LogP contribution < -0.4 is 0 Å². The maximum Gasteiger partial charge on any atom is 0.0544 e. The first-order valence-electron chi connectivity index (χ1n) is 6.40. The van der Waals surface area contributed by atoms with E-state index >= 15 is 0 Å². The minimum absolute atomic E-state index is 0.108. The lowest BCUT2D eigenvalue weighted by molar-refractivity contribution is 0.0894. The van der Waals surface area contributed by atoms with Crippen molar-refractivity contribution in [3.63, 3.8) is 0 Å². The summed E-state index contributed by atoms with van der Waals surface area (Å²) in [5.41, 5.74) is 1.81. The Bertz CT molecular complexity index is 367. The Morgan fingerprint density at radius 3 is 2.53 bits per heavy atom. The molecule has 0 radical (unpaired) electrons. The predicted molar refractivity (Wildman–Crippen MR) is 79.9 cm³/mol. The van der Waals surface area contributed by atoms with Gasteiger partial charge in [-0.2, -0.15) is 0 Å². The van der Waals surface area contributed by atoms with Crippen molar-refractivity contribution >= 4 is 27.5 Å². The van der Waals surface area contributed by atoms with Crippen LogP contribution in [0.5, 0.6) is 0 Å². The van der Waals surface area contributed by atoms with Gasteiger partial charge in [-0.1, -0.05) is 54.1 Å². The van der Waals surface area contributed by atoms with E-state index in [1.165, 1.54) is 5.57 Å². The summed E-state index contributed by atoms with van der Waals surface area (Å²) in [6, 6.07) is 0. The summed E-state index contributed by atoms with van der Waals surface area (Å²) < 4.78 is 0. The fourth-order valence-corrected chi connectivity index (χ4v) is 4.40. The molecule has 0 amide bonds. The van der Waals surface area contributed by atoms with Crippen molar-refractivity contribution in [2.75, 3.05) is 0 Å². The molecule has 2 heteroatoms. The van der Waals surface area contributed by atoms with Crippen LogP contribution in [0.1, 0.15) is 46.5 Å².